The van der Waals surface area contributed by atoms with Crippen LogP contribution in [-0.4, -0.2) is 29.3 Å². The lowest BCUT2D eigenvalue weighted by atomic mass is 10.2. The summed E-state index contributed by atoms with van der Waals surface area (Å²) >= 11 is 0. The number of carbonyl (C=O) groups is 1. The minimum atomic E-state index is -0.968. The standard InChI is InChI=1S/C6H14O.C2H5NO2/c1-2-3-4-5-6-7;3-1-2(4)5/h7H,2-6H2,1H3;1,3H2,(H,4,5). The molecule has 0 rings (SSSR count). The normalized spacial score (nSPS) is 8.58. The first-order chi connectivity index (χ1) is 5.68. The number of carboxylic acids is 1. The molecule has 0 unspecified atom stereocenters. The van der Waals surface area contributed by atoms with Crippen LogP contribution in [0.3, 0.4) is 0 Å². The van der Waals surface area contributed by atoms with Crippen molar-refractivity contribution in [1.82, 2.24) is 0 Å². The third-order valence-electron chi connectivity index (χ3n) is 1.19. The second kappa shape index (κ2) is 13.0. The third kappa shape index (κ3) is 22.8. The van der Waals surface area contributed by atoms with Crippen molar-refractivity contribution in [2.24, 2.45) is 5.73 Å². The van der Waals surface area contributed by atoms with Gasteiger partial charge in [-0.05, 0) is 6.42 Å². The lowest BCUT2D eigenvalue weighted by Crippen LogP contribution is -2.10. The number of aliphatic hydroxyl groups excluding tert-OH is 1. The topological polar surface area (TPSA) is 83.5 Å². The van der Waals surface area contributed by atoms with Gasteiger partial charge in [0.15, 0.2) is 0 Å². The third-order valence-corrected chi connectivity index (χ3v) is 1.19. The lowest BCUT2D eigenvalue weighted by molar-refractivity contribution is -0.135. The lowest BCUT2D eigenvalue weighted by Gasteiger charge is -1.90. The highest BCUT2D eigenvalue weighted by Crippen LogP contribution is 1.95. The molecule has 0 bridgehead atoms. The van der Waals surface area contributed by atoms with Gasteiger partial charge < -0.3 is 15.9 Å². The Balaban J connectivity index is 0. The number of carboxylic acid groups (broad SMARTS) is 1. The number of nitrogens with two attached hydrogens (primary N) is 1. The van der Waals surface area contributed by atoms with Crippen LogP contribution in [0.25, 0.3) is 0 Å². The van der Waals surface area contributed by atoms with Gasteiger partial charge >= 0.3 is 5.97 Å². The highest BCUT2D eigenvalue weighted by Gasteiger charge is 1.81. The zero-order chi connectivity index (χ0) is 9.82. The maximum atomic E-state index is 9.24. The molecule has 4 heteroatoms. The van der Waals surface area contributed by atoms with E-state index in [1.807, 2.05) is 0 Å². The molecule has 4 nitrogen and oxygen atoms in total. The molecule has 0 aliphatic carbocycles. The van der Waals surface area contributed by atoms with E-state index in [9.17, 15) is 4.79 Å². The fraction of sp³-hybridized carbons (Fsp3) is 0.875. The van der Waals surface area contributed by atoms with Crippen LogP contribution < -0.4 is 5.73 Å². The maximum absolute atomic E-state index is 9.24. The minimum absolute atomic E-state index is 0.278. The van der Waals surface area contributed by atoms with E-state index < -0.39 is 5.97 Å². The van der Waals surface area contributed by atoms with Gasteiger partial charge in [0.25, 0.3) is 0 Å². The Hall–Kier alpha value is -0.610. The molecule has 0 aromatic rings. The number of rotatable bonds is 5. The van der Waals surface area contributed by atoms with E-state index >= 15 is 0 Å². The molecule has 0 aromatic carbocycles. The largest absolute Gasteiger partial charge is 0.480 e. The molecule has 4 N–H and O–H groups in total. The quantitative estimate of drug-likeness (QED) is 0.537. The van der Waals surface area contributed by atoms with Gasteiger partial charge in [0, 0.05) is 6.61 Å². The van der Waals surface area contributed by atoms with E-state index in [-0.39, 0.29) is 6.54 Å². The Bertz CT molecular complexity index is 92.3. The molecule has 0 amide bonds. The minimum Gasteiger partial charge on any atom is -0.480 e. The molecule has 0 aliphatic heterocycles. The van der Waals surface area contributed by atoms with Crippen LogP contribution in [-0.2, 0) is 4.79 Å². The zero-order valence-electron chi connectivity index (χ0n) is 7.62. The summed E-state index contributed by atoms with van der Waals surface area (Å²) in [6.07, 6.45) is 4.68. The van der Waals surface area contributed by atoms with E-state index in [1.54, 1.807) is 0 Å². The van der Waals surface area contributed by atoms with Crippen LogP contribution in [0.1, 0.15) is 32.6 Å². The van der Waals surface area contributed by atoms with Crippen molar-refractivity contribution in [1.29, 1.82) is 0 Å². The highest BCUT2D eigenvalue weighted by atomic mass is 16.4. The molecule has 0 fully saturated rings. The average molecular weight is 177 g/mol. The average Bonchev–Trinajstić information content (AvgIpc) is 2.07. The molecule has 0 spiro atoms. The van der Waals surface area contributed by atoms with Gasteiger partial charge in [-0.1, -0.05) is 26.2 Å². The van der Waals surface area contributed by atoms with Gasteiger partial charge in [-0.2, -0.15) is 0 Å². The summed E-state index contributed by atoms with van der Waals surface area (Å²) in [4.78, 5) is 9.24. The molecular formula is C8H19NO3. The van der Waals surface area contributed by atoms with Crippen LogP contribution in [0.15, 0.2) is 0 Å². The Morgan fingerprint density at radius 1 is 1.33 bits per heavy atom. The Kier molecular flexibility index (Phi) is 15.1. The summed E-state index contributed by atoms with van der Waals surface area (Å²) in [6.45, 7) is 2.25. The molecule has 0 radical (unpaired) electrons. The first-order valence-corrected chi connectivity index (χ1v) is 4.21. The highest BCUT2D eigenvalue weighted by molar-refractivity contribution is 5.68. The number of unbranched alkanes of at least 4 members (excludes halogenated alkanes) is 3. The molecule has 0 aliphatic rings. The predicted molar refractivity (Wildman–Crippen MR) is 47.9 cm³/mol. The summed E-state index contributed by atoms with van der Waals surface area (Å²) in [7, 11) is 0. The fourth-order valence-electron chi connectivity index (χ4n) is 0.539. The number of hydrogen-bond acceptors (Lipinski definition) is 3. The molecule has 0 aromatic heterocycles. The smallest absolute Gasteiger partial charge is 0.317 e. The van der Waals surface area contributed by atoms with Crippen LogP contribution in [0.4, 0.5) is 0 Å². The van der Waals surface area contributed by atoms with Crippen molar-refractivity contribution < 1.29 is 15.0 Å². The molecular weight excluding hydrogens is 158 g/mol. The van der Waals surface area contributed by atoms with Crippen molar-refractivity contribution in [2.45, 2.75) is 32.6 Å². The Labute approximate surface area is 73.4 Å². The van der Waals surface area contributed by atoms with Crippen molar-refractivity contribution in [3.8, 4) is 0 Å². The van der Waals surface area contributed by atoms with Crippen LogP contribution >= 0.6 is 0 Å². The number of aliphatic hydroxyl groups is 1. The van der Waals surface area contributed by atoms with E-state index in [0.29, 0.717) is 6.61 Å². The molecule has 74 valence electrons. The fourth-order valence-corrected chi connectivity index (χ4v) is 0.539. The monoisotopic (exact) mass is 177 g/mol. The van der Waals surface area contributed by atoms with Crippen molar-refractivity contribution in [3.05, 3.63) is 0 Å². The van der Waals surface area contributed by atoms with E-state index in [0.717, 1.165) is 6.42 Å². The van der Waals surface area contributed by atoms with E-state index in [2.05, 4.69) is 12.7 Å². The van der Waals surface area contributed by atoms with Crippen molar-refractivity contribution in [3.63, 3.8) is 0 Å². The Morgan fingerprint density at radius 2 is 1.83 bits per heavy atom. The van der Waals surface area contributed by atoms with Gasteiger partial charge in [0.05, 0.1) is 6.54 Å². The molecule has 0 atom stereocenters. The predicted octanol–water partition coefficient (Wildman–Crippen LogP) is 0.589. The number of aliphatic carboxylic acids is 1. The second-order valence-electron chi connectivity index (χ2n) is 2.38. The molecule has 0 heterocycles. The summed E-state index contributed by atoms with van der Waals surface area (Å²) in [5.74, 6) is -0.968. The second-order valence-corrected chi connectivity index (χ2v) is 2.38. The van der Waals surface area contributed by atoms with E-state index in [4.69, 9.17) is 10.2 Å². The zero-order valence-corrected chi connectivity index (χ0v) is 7.62. The van der Waals surface area contributed by atoms with Gasteiger partial charge in [-0.25, -0.2) is 0 Å². The summed E-state index contributed by atoms with van der Waals surface area (Å²) in [6, 6.07) is 0. The van der Waals surface area contributed by atoms with Crippen molar-refractivity contribution >= 4 is 5.97 Å². The van der Waals surface area contributed by atoms with Crippen molar-refractivity contribution in [2.75, 3.05) is 13.2 Å². The maximum Gasteiger partial charge on any atom is 0.317 e. The van der Waals surface area contributed by atoms with Gasteiger partial charge in [-0.3, -0.25) is 4.79 Å². The van der Waals surface area contributed by atoms with Gasteiger partial charge in [0.2, 0.25) is 0 Å². The first-order valence-electron chi connectivity index (χ1n) is 4.21. The molecule has 12 heavy (non-hydrogen) atoms. The summed E-state index contributed by atoms with van der Waals surface area (Å²) in [5.41, 5.74) is 4.57. The molecule has 0 saturated heterocycles. The summed E-state index contributed by atoms with van der Waals surface area (Å²) in [5, 5.41) is 15.9. The summed E-state index contributed by atoms with van der Waals surface area (Å²) < 4.78 is 0. The Morgan fingerprint density at radius 3 is 2.08 bits per heavy atom. The van der Waals surface area contributed by atoms with Gasteiger partial charge in [0.1, 0.15) is 0 Å². The van der Waals surface area contributed by atoms with E-state index in [1.165, 1.54) is 19.3 Å². The van der Waals surface area contributed by atoms with Crippen LogP contribution in [0.5, 0.6) is 0 Å². The van der Waals surface area contributed by atoms with Crippen LogP contribution in [0, 0.1) is 0 Å². The molecule has 0 saturated carbocycles. The SMILES string of the molecule is CCCCCCO.NCC(=O)O. The first kappa shape index (κ1) is 13.9. The number of hydrogen-bond donors (Lipinski definition) is 3. The van der Waals surface area contributed by atoms with Gasteiger partial charge in [-0.15, -0.1) is 0 Å². The van der Waals surface area contributed by atoms with Crippen LogP contribution in [0.2, 0.25) is 0 Å².